The second kappa shape index (κ2) is 8.93. The lowest BCUT2D eigenvalue weighted by Gasteiger charge is -2.06. The van der Waals surface area contributed by atoms with Crippen molar-refractivity contribution in [2.24, 2.45) is 10.7 Å². The number of anilines is 1. The molecule has 3 aromatic rings. The number of benzene rings is 1. The van der Waals surface area contributed by atoms with Crippen molar-refractivity contribution in [3.05, 3.63) is 53.0 Å². The predicted molar refractivity (Wildman–Crippen MR) is 112 cm³/mol. The van der Waals surface area contributed by atoms with Crippen LogP contribution in [0, 0.1) is 5.41 Å². The van der Waals surface area contributed by atoms with E-state index in [1.54, 1.807) is 30.5 Å². The molecule has 0 atom stereocenters. The van der Waals surface area contributed by atoms with Gasteiger partial charge < -0.3 is 20.9 Å². The number of phenols is 1. The molecule has 29 heavy (non-hydrogen) atoms. The van der Waals surface area contributed by atoms with Gasteiger partial charge in [-0.15, -0.1) is 11.3 Å². The minimum atomic E-state index is -0.400. The number of nitrogens with one attached hydrogen (secondary N) is 2. The van der Waals surface area contributed by atoms with Gasteiger partial charge in [0.25, 0.3) is 5.91 Å². The van der Waals surface area contributed by atoms with E-state index >= 15 is 0 Å². The van der Waals surface area contributed by atoms with Crippen LogP contribution in [0.25, 0.3) is 10.6 Å². The highest BCUT2D eigenvalue weighted by Crippen LogP contribution is 2.33. The molecular formula is C19H18N6O3S. The average molecular weight is 410 g/mol. The van der Waals surface area contributed by atoms with Gasteiger partial charge in [-0.25, -0.2) is 15.0 Å². The zero-order valence-electron chi connectivity index (χ0n) is 15.4. The van der Waals surface area contributed by atoms with E-state index < -0.39 is 5.91 Å². The van der Waals surface area contributed by atoms with Gasteiger partial charge in [-0.2, -0.15) is 0 Å². The van der Waals surface area contributed by atoms with Crippen molar-refractivity contribution in [1.82, 2.24) is 9.97 Å². The van der Waals surface area contributed by atoms with Gasteiger partial charge in [0.1, 0.15) is 33.6 Å². The molecule has 2 heterocycles. The van der Waals surface area contributed by atoms with Gasteiger partial charge in [-0.05, 0) is 37.3 Å². The number of aromatic hydroxyl groups is 1. The summed E-state index contributed by atoms with van der Waals surface area (Å²) in [4.78, 5) is 25.3. The second-order valence-corrected chi connectivity index (χ2v) is 6.66. The van der Waals surface area contributed by atoms with Crippen LogP contribution in [0.15, 0.2) is 47.6 Å². The quantitative estimate of drug-likeness (QED) is 0.348. The predicted octanol–water partition coefficient (Wildman–Crippen LogP) is 2.87. The Balaban J connectivity index is 1.89. The molecule has 148 valence electrons. The smallest absolute Gasteiger partial charge is 0.256 e. The van der Waals surface area contributed by atoms with Crippen LogP contribution < -0.4 is 15.8 Å². The van der Waals surface area contributed by atoms with Gasteiger partial charge >= 0.3 is 0 Å². The van der Waals surface area contributed by atoms with Crippen molar-refractivity contribution >= 4 is 35.2 Å². The van der Waals surface area contributed by atoms with Crippen molar-refractivity contribution < 1.29 is 14.6 Å². The summed E-state index contributed by atoms with van der Waals surface area (Å²) in [6, 6.07) is 9.44. The summed E-state index contributed by atoms with van der Waals surface area (Å²) < 4.78 is 5.52. The third-order valence-electron chi connectivity index (χ3n) is 3.67. The van der Waals surface area contributed by atoms with Gasteiger partial charge in [0.05, 0.1) is 6.61 Å². The van der Waals surface area contributed by atoms with Crippen LogP contribution >= 0.6 is 11.3 Å². The van der Waals surface area contributed by atoms with Crippen LogP contribution in [0.1, 0.15) is 22.2 Å². The van der Waals surface area contributed by atoms with Crippen molar-refractivity contribution in [2.45, 2.75) is 6.92 Å². The van der Waals surface area contributed by atoms with E-state index in [1.807, 2.05) is 6.92 Å². The standard InChI is InChI=1S/C19H18N6O3S/c1-2-28-18-15(16(21)23-10-20)29-19(25-18)12-6-7-22-14(9-12)24-17(27)11-4-3-5-13(26)8-11/h3-10,26H,2H2,1H3,(H3,20,21,23)(H,22,24,27). The lowest BCUT2D eigenvalue weighted by atomic mass is 10.2. The number of pyridine rings is 1. The first kappa shape index (κ1) is 20.0. The van der Waals surface area contributed by atoms with E-state index in [2.05, 4.69) is 20.3 Å². The van der Waals surface area contributed by atoms with Crippen LogP contribution in [0.5, 0.6) is 11.6 Å². The number of amides is 1. The molecule has 0 unspecified atom stereocenters. The van der Waals surface area contributed by atoms with Gasteiger partial charge in [0, 0.05) is 17.3 Å². The van der Waals surface area contributed by atoms with Crippen molar-refractivity contribution in [3.8, 4) is 22.2 Å². The maximum Gasteiger partial charge on any atom is 0.256 e. The van der Waals surface area contributed by atoms with Crippen LogP contribution in [-0.4, -0.2) is 39.8 Å². The van der Waals surface area contributed by atoms with E-state index in [-0.39, 0.29) is 11.6 Å². The van der Waals surface area contributed by atoms with E-state index in [9.17, 15) is 9.90 Å². The van der Waals surface area contributed by atoms with Crippen LogP contribution in [0.3, 0.4) is 0 Å². The molecule has 3 rings (SSSR count). The number of nitrogens with two attached hydrogens (primary N) is 1. The summed E-state index contributed by atoms with van der Waals surface area (Å²) in [6.45, 7) is 2.23. The van der Waals surface area contributed by atoms with Gasteiger partial charge in [0.2, 0.25) is 5.88 Å². The maximum atomic E-state index is 12.4. The summed E-state index contributed by atoms with van der Waals surface area (Å²) in [5.41, 5.74) is 6.91. The SMILES string of the molecule is CCOc1nc(-c2ccnc(NC(=O)c3cccc(O)c3)c2)sc1C(N)=NC=N. The zero-order valence-corrected chi connectivity index (χ0v) is 16.2. The fourth-order valence-corrected chi connectivity index (χ4v) is 3.34. The molecule has 0 aliphatic rings. The molecule has 0 aliphatic carbocycles. The number of thiazole rings is 1. The number of aromatic nitrogens is 2. The molecular weight excluding hydrogens is 392 g/mol. The molecule has 10 heteroatoms. The maximum absolute atomic E-state index is 12.4. The number of carbonyl (C=O) groups excluding carboxylic acids is 1. The molecule has 0 bridgehead atoms. The van der Waals surface area contributed by atoms with Crippen molar-refractivity contribution in [2.75, 3.05) is 11.9 Å². The number of aliphatic imine (C=N–C) groups is 1. The number of carbonyl (C=O) groups is 1. The van der Waals surface area contributed by atoms with Crippen LogP contribution in [0.4, 0.5) is 5.82 Å². The van der Waals surface area contributed by atoms with E-state index in [1.165, 1.54) is 23.5 Å². The number of nitrogens with zero attached hydrogens (tertiary/aromatic N) is 3. The average Bonchev–Trinajstić information content (AvgIpc) is 3.13. The van der Waals surface area contributed by atoms with Gasteiger partial charge in [-0.1, -0.05) is 6.07 Å². The van der Waals surface area contributed by atoms with E-state index in [0.717, 1.165) is 6.34 Å². The zero-order chi connectivity index (χ0) is 20.8. The molecule has 1 amide bonds. The summed E-state index contributed by atoms with van der Waals surface area (Å²) in [6.07, 6.45) is 2.40. The molecule has 9 nitrogen and oxygen atoms in total. The molecule has 0 spiro atoms. The molecule has 0 saturated heterocycles. The number of hydrogen-bond acceptors (Lipinski definition) is 7. The summed E-state index contributed by atoms with van der Waals surface area (Å²) >= 11 is 1.26. The Kier molecular flexibility index (Phi) is 6.15. The minimum absolute atomic E-state index is 0.00213. The summed E-state index contributed by atoms with van der Waals surface area (Å²) in [5, 5.41) is 19.9. The molecule has 1 aromatic carbocycles. The highest BCUT2D eigenvalue weighted by molar-refractivity contribution is 7.17. The number of rotatable bonds is 7. The Labute approximate surface area is 170 Å². The third kappa shape index (κ3) is 4.74. The number of phenolic OH excluding ortho intramolecular Hbond substituents is 1. The number of ether oxygens (including phenoxy) is 1. The number of amidine groups is 1. The minimum Gasteiger partial charge on any atom is -0.508 e. The first-order chi connectivity index (χ1) is 14.0. The Hall–Kier alpha value is -3.79. The van der Waals surface area contributed by atoms with Crippen LogP contribution in [0.2, 0.25) is 0 Å². The van der Waals surface area contributed by atoms with Crippen LogP contribution in [-0.2, 0) is 0 Å². The van der Waals surface area contributed by atoms with Gasteiger partial charge in [-0.3, -0.25) is 10.2 Å². The normalized spacial score (nSPS) is 11.1. The first-order valence-corrected chi connectivity index (χ1v) is 9.36. The fourth-order valence-electron chi connectivity index (χ4n) is 2.42. The van der Waals surface area contributed by atoms with E-state index in [4.69, 9.17) is 15.9 Å². The van der Waals surface area contributed by atoms with Crippen molar-refractivity contribution in [1.29, 1.82) is 5.41 Å². The molecule has 2 aromatic heterocycles. The molecule has 0 fully saturated rings. The second-order valence-electron chi connectivity index (χ2n) is 5.66. The molecule has 0 saturated carbocycles. The topological polar surface area (TPSA) is 147 Å². The van der Waals surface area contributed by atoms with E-state index in [0.29, 0.717) is 39.3 Å². The summed E-state index contributed by atoms with van der Waals surface area (Å²) in [7, 11) is 0. The fraction of sp³-hybridized carbons (Fsp3) is 0.105. The molecule has 5 N–H and O–H groups in total. The Bertz CT molecular complexity index is 1080. The largest absolute Gasteiger partial charge is 0.508 e. The lowest BCUT2D eigenvalue weighted by molar-refractivity contribution is 0.102. The molecule has 0 radical (unpaired) electrons. The Morgan fingerprint density at radius 1 is 1.41 bits per heavy atom. The Morgan fingerprint density at radius 3 is 2.97 bits per heavy atom. The summed E-state index contributed by atoms with van der Waals surface area (Å²) in [5.74, 6) is 0.396. The highest BCUT2D eigenvalue weighted by atomic mass is 32.1. The molecule has 0 aliphatic heterocycles. The Morgan fingerprint density at radius 2 is 2.24 bits per heavy atom. The monoisotopic (exact) mass is 410 g/mol. The van der Waals surface area contributed by atoms with Crippen molar-refractivity contribution in [3.63, 3.8) is 0 Å². The van der Waals surface area contributed by atoms with Gasteiger partial charge in [0.15, 0.2) is 0 Å². The number of hydrogen-bond donors (Lipinski definition) is 4. The third-order valence-corrected chi connectivity index (χ3v) is 4.78. The lowest BCUT2D eigenvalue weighted by Crippen LogP contribution is -2.13. The highest BCUT2D eigenvalue weighted by Gasteiger charge is 2.17. The first-order valence-electron chi connectivity index (χ1n) is 8.54.